The van der Waals surface area contributed by atoms with Crippen LogP contribution in [0.5, 0.6) is 0 Å². The predicted molar refractivity (Wildman–Crippen MR) is 117 cm³/mol. The summed E-state index contributed by atoms with van der Waals surface area (Å²) in [5.41, 5.74) is 5.23. The van der Waals surface area contributed by atoms with Gasteiger partial charge in [-0.3, -0.25) is 14.4 Å². The van der Waals surface area contributed by atoms with Crippen molar-refractivity contribution in [1.29, 1.82) is 0 Å². The summed E-state index contributed by atoms with van der Waals surface area (Å²) in [6, 6.07) is 6.38. The molecule has 6 rings (SSSR count). The Labute approximate surface area is 179 Å². The quantitative estimate of drug-likeness (QED) is 0.621. The van der Waals surface area contributed by atoms with Gasteiger partial charge in [-0.1, -0.05) is 23.7 Å². The van der Waals surface area contributed by atoms with Crippen LogP contribution in [0.2, 0.25) is 5.02 Å². The zero-order chi connectivity index (χ0) is 20.1. The van der Waals surface area contributed by atoms with Crippen LogP contribution in [-0.4, -0.2) is 36.8 Å². The minimum Gasteiger partial charge on any atom is -0.285 e. The molecule has 1 unspecified atom stereocenters. The normalized spacial score (nSPS) is 20.4. The second kappa shape index (κ2) is 7.06. The maximum atomic E-state index is 6.77. The zero-order valence-corrected chi connectivity index (χ0v) is 17.2. The molecule has 0 amide bonds. The molecule has 0 spiro atoms. The number of hydrogen-bond acceptors (Lipinski definition) is 5. The molecule has 2 aliphatic carbocycles. The fourth-order valence-corrected chi connectivity index (χ4v) is 4.58. The molecule has 7 heteroatoms. The van der Waals surface area contributed by atoms with Gasteiger partial charge in [0.1, 0.15) is 5.82 Å². The monoisotopic (exact) mass is 416 g/mol. The Bertz CT molecular complexity index is 1210. The Kier molecular flexibility index (Phi) is 4.20. The van der Waals surface area contributed by atoms with E-state index in [1.807, 2.05) is 22.9 Å². The Balaban J connectivity index is 1.26. The summed E-state index contributed by atoms with van der Waals surface area (Å²) in [6.45, 7) is 0.756. The first kappa shape index (κ1) is 17.8. The van der Waals surface area contributed by atoms with Gasteiger partial charge in [-0.05, 0) is 60.1 Å². The molecule has 30 heavy (non-hydrogen) atoms. The molecule has 3 aromatic heterocycles. The summed E-state index contributed by atoms with van der Waals surface area (Å²) >= 11 is 6.77. The van der Waals surface area contributed by atoms with Crippen molar-refractivity contribution < 1.29 is 0 Å². The Morgan fingerprint density at radius 3 is 2.93 bits per heavy atom. The second-order valence-electron chi connectivity index (χ2n) is 8.26. The summed E-state index contributed by atoms with van der Waals surface area (Å²) in [5.74, 6) is 1.76. The van der Waals surface area contributed by atoms with Crippen LogP contribution in [0.15, 0.2) is 59.6 Å². The van der Waals surface area contributed by atoms with Crippen molar-refractivity contribution in [3.05, 3.63) is 76.5 Å². The van der Waals surface area contributed by atoms with Crippen molar-refractivity contribution in [2.45, 2.75) is 38.3 Å². The predicted octanol–water partition coefficient (Wildman–Crippen LogP) is 4.31. The summed E-state index contributed by atoms with van der Waals surface area (Å²) in [5, 5.41) is 16.2. The molecule has 1 fully saturated rings. The van der Waals surface area contributed by atoms with E-state index in [9.17, 15) is 0 Å². The first-order valence-electron chi connectivity index (χ1n) is 10.4. The van der Waals surface area contributed by atoms with Crippen LogP contribution in [-0.2, 0) is 13.0 Å². The minimum absolute atomic E-state index is 0.259. The molecule has 1 atom stereocenters. The van der Waals surface area contributed by atoms with E-state index in [0.717, 1.165) is 53.5 Å². The van der Waals surface area contributed by atoms with Gasteiger partial charge in [-0.2, -0.15) is 5.10 Å². The van der Waals surface area contributed by atoms with E-state index in [-0.39, 0.29) is 6.04 Å². The van der Waals surface area contributed by atoms with Crippen LogP contribution < -0.4 is 0 Å². The van der Waals surface area contributed by atoms with Gasteiger partial charge in [-0.25, -0.2) is 0 Å². The molecule has 1 saturated carbocycles. The third kappa shape index (κ3) is 3.12. The SMILES string of the molecule is Clc1c(C2=CCC3C(=C2)C=NN3Cc2cccnc2)ccn2c(CC3CC3)nnc12. The number of nitrogens with zero attached hydrogens (tertiary/aromatic N) is 6. The van der Waals surface area contributed by atoms with E-state index in [2.05, 4.69) is 55.8 Å². The number of hydrogen-bond donors (Lipinski definition) is 0. The van der Waals surface area contributed by atoms with Crippen molar-refractivity contribution >= 4 is 29.0 Å². The van der Waals surface area contributed by atoms with Gasteiger partial charge in [-0.15, -0.1) is 10.2 Å². The lowest BCUT2D eigenvalue weighted by molar-refractivity contribution is 0.242. The first-order valence-corrected chi connectivity index (χ1v) is 10.8. The van der Waals surface area contributed by atoms with E-state index < -0.39 is 0 Å². The van der Waals surface area contributed by atoms with E-state index >= 15 is 0 Å². The zero-order valence-electron chi connectivity index (χ0n) is 16.4. The van der Waals surface area contributed by atoms with Gasteiger partial charge in [0, 0.05) is 30.6 Å². The Hall–Kier alpha value is -2.99. The van der Waals surface area contributed by atoms with Gasteiger partial charge in [0.2, 0.25) is 0 Å². The smallest absolute Gasteiger partial charge is 0.180 e. The average Bonchev–Trinajstić information content (AvgIpc) is 3.37. The van der Waals surface area contributed by atoms with Crippen LogP contribution in [0.25, 0.3) is 11.2 Å². The number of allylic oxidation sites excluding steroid dienone is 2. The third-order valence-corrected chi connectivity index (χ3v) is 6.49. The number of hydrazone groups is 1. The fraction of sp³-hybridized carbons (Fsp3) is 0.304. The maximum absolute atomic E-state index is 6.77. The highest BCUT2D eigenvalue weighted by atomic mass is 35.5. The molecule has 150 valence electrons. The summed E-state index contributed by atoms with van der Waals surface area (Å²) in [7, 11) is 0. The molecule has 3 aliphatic rings. The van der Waals surface area contributed by atoms with Crippen molar-refractivity contribution in [1.82, 2.24) is 24.6 Å². The lowest BCUT2D eigenvalue weighted by Gasteiger charge is -2.26. The highest BCUT2D eigenvalue weighted by molar-refractivity contribution is 6.35. The Morgan fingerprint density at radius 1 is 1.17 bits per heavy atom. The summed E-state index contributed by atoms with van der Waals surface area (Å²) < 4.78 is 2.04. The van der Waals surface area contributed by atoms with Crippen LogP contribution >= 0.6 is 11.6 Å². The van der Waals surface area contributed by atoms with E-state index in [1.54, 1.807) is 6.20 Å². The van der Waals surface area contributed by atoms with Crippen LogP contribution in [0.3, 0.4) is 0 Å². The highest BCUT2D eigenvalue weighted by Gasteiger charge is 2.29. The lowest BCUT2D eigenvalue weighted by atomic mass is 9.92. The second-order valence-corrected chi connectivity index (χ2v) is 8.64. The molecule has 0 N–H and O–H groups in total. The van der Waals surface area contributed by atoms with E-state index in [0.29, 0.717) is 5.02 Å². The highest BCUT2D eigenvalue weighted by Crippen LogP contribution is 2.36. The average molecular weight is 417 g/mol. The Morgan fingerprint density at radius 2 is 2.10 bits per heavy atom. The number of aromatic nitrogens is 4. The van der Waals surface area contributed by atoms with Gasteiger partial charge < -0.3 is 0 Å². The molecule has 0 aromatic carbocycles. The first-order chi connectivity index (χ1) is 14.8. The molecule has 6 nitrogen and oxygen atoms in total. The summed E-state index contributed by atoms with van der Waals surface area (Å²) in [4.78, 5) is 4.21. The van der Waals surface area contributed by atoms with Crippen molar-refractivity contribution in [3.63, 3.8) is 0 Å². The number of rotatable bonds is 5. The molecule has 0 radical (unpaired) electrons. The molecule has 0 bridgehead atoms. The molecule has 0 saturated heterocycles. The van der Waals surface area contributed by atoms with E-state index in [4.69, 9.17) is 11.6 Å². The fourth-order valence-electron chi connectivity index (χ4n) is 4.28. The molecule has 1 aliphatic heterocycles. The molecule has 3 aromatic rings. The number of pyridine rings is 2. The van der Waals surface area contributed by atoms with Gasteiger partial charge in [0.15, 0.2) is 5.65 Å². The topological polar surface area (TPSA) is 58.7 Å². The molecular weight excluding hydrogens is 396 g/mol. The standard InChI is InChI=1S/C23H21ClN6/c24-22-19(7-9-29-21(10-15-3-4-15)27-28-23(22)29)17-5-6-20-18(11-17)13-26-30(20)14-16-2-1-8-25-12-16/h1-2,5,7-9,11-13,15,20H,3-4,6,10,14H2. The van der Waals surface area contributed by atoms with Crippen LogP contribution in [0, 0.1) is 5.92 Å². The molecular formula is C23H21ClN6. The number of fused-ring (bicyclic) bond motifs is 2. The van der Waals surface area contributed by atoms with E-state index in [1.165, 1.54) is 18.4 Å². The van der Waals surface area contributed by atoms with Gasteiger partial charge >= 0.3 is 0 Å². The summed E-state index contributed by atoms with van der Waals surface area (Å²) in [6.07, 6.45) is 16.6. The van der Waals surface area contributed by atoms with Crippen molar-refractivity contribution in [2.75, 3.05) is 0 Å². The van der Waals surface area contributed by atoms with Crippen LogP contribution in [0.1, 0.15) is 36.2 Å². The maximum Gasteiger partial charge on any atom is 0.180 e. The lowest BCUT2D eigenvalue weighted by Crippen LogP contribution is -2.28. The van der Waals surface area contributed by atoms with Gasteiger partial charge in [0.05, 0.1) is 23.8 Å². The van der Waals surface area contributed by atoms with Crippen LogP contribution in [0.4, 0.5) is 0 Å². The third-order valence-electron chi connectivity index (χ3n) is 6.12. The van der Waals surface area contributed by atoms with Gasteiger partial charge in [0.25, 0.3) is 0 Å². The molecule has 4 heterocycles. The van der Waals surface area contributed by atoms with Crippen molar-refractivity contribution in [3.8, 4) is 0 Å². The largest absolute Gasteiger partial charge is 0.285 e. The minimum atomic E-state index is 0.259. The number of halogens is 1. The van der Waals surface area contributed by atoms with Crippen molar-refractivity contribution in [2.24, 2.45) is 11.0 Å².